The van der Waals surface area contributed by atoms with Crippen LogP contribution in [0, 0.1) is 18.3 Å². The van der Waals surface area contributed by atoms with Crippen molar-refractivity contribution in [3.63, 3.8) is 0 Å². The Morgan fingerprint density at radius 3 is 2.35 bits per heavy atom. The molecule has 4 aromatic rings. The second-order valence-electron chi connectivity index (χ2n) is 12.0. The predicted molar refractivity (Wildman–Crippen MR) is 195 cm³/mol. The van der Waals surface area contributed by atoms with Gasteiger partial charge in [0.25, 0.3) is 5.91 Å². The molecule has 2 N–H and O–H groups in total. The Hall–Kier alpha value is -4.27. The number of nitrogens with zero attached hydrogens (tertiary/aromatic N) is 4. The Kier molecular flexibility index (Phi) is 12.8. The van der Waals surface area contributed by atoms with Gasteiger partial charge in [-0.1, -0.05) is 40.9 Å². The number of piperazine rings is 1. The van der Waals surface area contributed by atoms with Crippen molar-refractivity contribution in [3.05, 3.63) is 81.5 Å². The normalized spacial score (nSPS) is 13.6. The van der Waals surface area contributed by atoms with Gasteiger partial charge in [-0.3, -0.25) is 9.78 Å². The Morgan fingerprint density at radius 2 is 1.65 bits per heavy atom. The Morgan fingerprint density at radius 1 is 0.918 bits per heavy atom. The molecule has 12 heteroatoms. The first-order valence-corrected chi connectivity index (χ1v) is 17.2. The molecule has 1 fully saturated rings. The summed E-state index contributed by atoms with van der Waals surface area (Å²) in [5.74, 6) is 1.57. The SMILES string of the molecule is COc1cc(Nc2c(C#N)cnc3cc(OCCCN4CCN(CCCCNC(=O)c5cccc(C)c5)CC4)c(OC)cc23)c(Cl)cc1Cl. The molecule has 258 valence electrons. The lowest BCUT2D eigenvalue weighted by molar-refractivity contribution is 0.0951. The Labute approximate surface area is 297 Å². The van der Waals surface area contributed by atoms with Crippen molar-refractivity contribution in [2.75, 3.05) is 72.0 Å². The maximum atomic E-state index is 12.3. The van der Waals surface area contributed by atoms with Crippen LogP contribution in [0.25, 0.3) is 10.9 Å². The van der Waals surface area contributed by atoms with Gasteiger partial charge in [-0.25, -0.2) is 0 Å². The average molecular weight is 706 g/mol. The molecule has 49 heavy (non-hydrogen) atoms. The van der Waals surface area contributed by atoms with Gasteiger partial charge in [0, 0.05) is 68.5 Å². The summed E-state index contributed by atoms with van der Waals surface area (Å²) in [5.41, 5.74) is 3.86. The van der Waals surface area contributed by atoms with E-state index >= 15 is 0 Å². The van der Waals surface area contributed by atoms with Crippen molar-refractivity contribution < 1.29 is 19.0 Å². The van der Waals surface area contributed by atoms with Crippen LogP contribution in [-0.2, 0) is 0 Å². The first-order valence-electron chi connectivity index (χ1n) is 16.4. The van der Waals surface area contributed by atoms with Crippen molar-refractivity contribution in [1.82, 2.24) is 20.1 Å². The van der Waals surface area contributed by atoms with Gasteiger partial charge in [0.15, 0.2) is 11.5 Å². The summed E-state index contributed by atoms with van der Waals surface area (Å²) in [7, 11) is 3.11. The van der Waals surface area contributed by atoms with E-state index in [-0.39, 0.29) is 5.91 Å². The van der Waals surface area contributed by atoms with Crippen LogP contribution < -0.4 is 24.8 Å². The minimum atomic E-state index is -0.00435. The number of methoxy groups -OCH3 is 2. The van der Waals surface area contributed by atoms with Crippen LogP contribution in [0.1, 0.15) is 40.7 Å². The first-order chi connectivity index (χ1) is 23.8. The number of carbonyl (C=O) groups excluding carboxylic acids is 1. The number of nitrogens with one attached hydrogen (secondary N) is 2. The summed E-state index contributed by atoms with van der Waals surface area (Å²) >= 11 is 12.7. The number of aryl methyl sites for hydroxylation is 1. The fourth-order valence-electron chi connectivity index (χ4n) is 5.87. The molecular formula is C37H42Cl2N6O4. The number of anilines is 2. The fourth-order valence-corrected chi connectivity index (χ4v) is 6.37. The second-order valence-corrected chi connectivity index (χ2v) is 12.8. The summed E-state index contributed by atoms with van der Waals surface area (Å²) in [6.45, 7) is 9.32. The zero-order valence-corrected chi connectivity index (χ0v) is 29.7. The third kappa shape index (κ3) is 9.46. The molecule has 0 spiro atoms. The molecule has 0 radical (unpaired) electrons. The summed E-state index contributed by atoms with van der Waals surface area (Å²) in [6, 6.07) is 16.8. The van der Waals surface area contributed by atoms with Crippen LogP contribution in [0.5, 0.6) is 17.2 Å². The minimum Gasteiger partial charge on any atom is -0.495 e. The number of pyridine rings is 1. The van der Waals surface area contributed by atoms with Crippen LogP contribution >= 0.6 is 23.2 Å². The van der Waals surface area contributed by atoms with Crippen molar-refractivity contribution in [3.8, 4) is 23.3 Å². The number of aromatic nitrogens is 1. The van der Waals surface area contributed by atoms with Crippen molar-refractivity contribution >= 4 is 51.4 Å². The quantitative estimate of drug-likeness (QED) is 0.125. The summed E-state index contributed by atoms with van der Waals surface area (Å²) in [6.07, 6.45) is 4.41. The van der Waals surface area contributed by atoms with E-state index in [1.807, 2.05) is 43.3 Å². The maximum Gasteiger partial charge on any atom is 0.251 e. The second kappa shape index (κ2) is 17.4. The van der Waals surface area contributed by atoms with Crippen LogP contribution in [-0.4, -0.2) is 87.3 Å². The number of hydrogen-bond acceptors (Lipinski definition) is 9. The lowest BCUT2D eigenvalue weighted by atomic mass is 10.1. The third-order valence-corrected chi connectivity index (χ3v) is 9.19. The molecule has 0 bridgehead atoms. The van der Waals surface area contributed by atoms with E-state index in [0.29, 0.717) is 68.3 Å². The number of ether oxygens (including phenoxy) is 3. The molecule has 0 saturated carbocycles. The van der Waals surface area contributed by atoms with Gasteiger partial charge in [0.2, 0.25) is 0 Å². The number of benzene rings is 3. The van der Waals surface area contributed by atoms with Gasteiger partial charge >= 0.3 is 0 Å². The molecule has 0 atom stereocenters. The molecule has 1 saturated heterocycles. The molecular weight excluding hydrogens is 663 g/mol. The highest BCUT2D eigenvalue weighted by molar-refractivity contribution is 6.37. The van der Waals surface area contributed by atoms with Gasteiger partial charge in [-0.15, -0.1) is 0 Å². The van der Waals surface area contributed by atoms with E-state index in [2.05, 4.69) is 31.5 Å². The number of nitriles is 1. The minimum absolute atomic E-state index is 0.00435. The van der Waals surface area contributed by atoms with Crippen molar-refractivity contribution in [1.29, 1.82) is 5.26 Å². The highest BCUT2D eigenvalue weighted by Gasteiger charge is 2.18. The van der Waals surface area contributed by atoms with Crippen LogP contribution in [0.3, 0.4) is 0 Å². The van der Waals surface area contributed by atoms with E-state index in [0.717, 1.165) is 69.7 Å². The van der Waals surface area contributed by atoms with Gasteiger partial charge in [-0.2, -0.15) is 5.26 Å². The number of amides is 1. The number of hydrogen-bond donors (Lipinski definition) is 2. The predicted octanol–water partition coefficient (Wildman–Crippen LogP) is 7.08. The fraction of sp³-hybridized carbons (Fsp3) is 0.378. The number of rotatable bonds is 15. The van der Waals surface area contributed by atoms with E-state index < -0.39 is 0 Å². The van der Waals surface area contributed by atoms with Gasteiger partial charge in [0.1, 0.15) is 11.8 Å². The average Bonchev–Trinajstić information content (AvgIpc) is 3.11. The molecule has 10 nitrogen and oxygen atoms in total. The zero-order chi connectivity index (χ0) is 34.8. The van der Waals surface area contributed by atoms with Crippen LogP contribution in [0.4, 0.5) is 11.4 Å². The monoisotopic (exact) mass is 704 g/mol. The molecule has 1 aromatic heterocycles. The standard InChI is InChI=1S/C37H42Cl2N6O4/c1-25-8-6-9-26(18-25)37(46)41-10-4-5-11-44-13-15-45(16-14-44)12-7-17-49-35-21-31-28(19-34(35)48-3)36(27(23-40)24-42-31)43-32-22-33(47-2)30(39)20-29(32)38/h6,8-9,18-22,24H,4-5,7,10-17H2,1-3H3,(H,41,46)(H,42,43). The number of fused-ring (bicyclic) bond motifs is 1. The molecule has 2 heterocycles. The summed E-state index contributed by atoms with van der Waals surface area (Å²) in [5, 5.41) is 17.6. The third-order valence-electron chi connectivity index (χ3n) is 8.58. The molecule has 5 rings (SSSR count). The largest absolute Gasteiger partial charge is 0.495 e. The van der Waals surface area contributed by atoms with E-state index in [1.54, 1.807) is 19.2 Å². The zero-order valence-electron chi connectivity index (χ0n) is 28.2. The summed E-state index contributed by atoms with van der Waals surface area (Å²) < 4.78 is 17.2. The van der Waals surface area contributed by atoms with Crippen LogP contribution in [0.2, 0.25) is 10.0 Å². The van der Waals surface area contributed by atoms with Gasteiger partial charge in [-0.05, 0) is 57.0 Å². The molecule has 1 amide bonds. The smallest absolute Gasteiger partial charge is 0.251 e. The highest BCUT2D eigenvalue weighted by atomic mass is 35.5. The van der Waals surface area contributed by atoms with E-state index in [1.165, 1.54) is 13.3 Å². The summed E-state index contributed by atoms with van der Waals surface area (Å²) in [4.78, 5) is 21.8. The number of unbranched alkanes of at least 4 members (excludes halogenated alkanes) is 1. The van der Waals surface area contributed by atoms with Gasteiger partial charge < -0.3 is 34.6 Å². The number of carbonyl (C=O) groups is 1. The van der Waals surface area contributed by atoms with Gasteiger partial charge in [0.05, 0.1) is 53.3 Å². The van der Waals surface area contributed by atoms with Crippen molar-refractivity contribution in [2.24, 2.45) is 0 Å². The first kappa shape index (κ1) is 36.0. The lowest BCUT2D eigenvalue weighted by Gasteiger charge is -2.34. The van der Waals surface area contributed by atoms with Crippen LogP contribution in [0.15, 0.2) is 54.7 Å². The van der Waals surface area contributed by atoms with E-state index in [4.69, 9.17) is 37.4 Å². The Balaban J connectivity index is 1.08. The topological polar surface area (TPSA) is 112 Å². The van der Waals surface area contributed by atoms with E-state index in [9.17, 15) is 10.1 Å². The number of halogens is 2. The lowest BCUT2D eigenvalue weighted by Crippen LogP contribution is -2.47. The molecule has 3 aromatic carbocycles. The molecule has 1 aliphatic heterocycles. The van der Waals surface area contributed by atoms with Crippen molar-refractivity contribution in [2.45, 2.75) is 26.2 Å². The highest BCUT2D eigenvalue weighted by Crippen LogP contribution is 2.40. The molecule has 0 aliphatic carbocycles. The Bertz CT molecular complexity index is 1810. The molecule has 1 aliphatic rings. The maximum absolute atomic E-state index is 12.3. The molecule has 0 unspecified atom stereocenters.